The Morgan fingerprint density at radius 1 is 1.36 bits per heavy atom. The van der Waals surface area contributed by atoms with Crippen LogP contribution in [0.25, 0.3) is 0 Å². The molecule has 0 aliphatic rings. The number of hydrogen-bond acceptors (Lipinski definition) is 5. The number of halogens is 1. The van der Waals surface area contributed by atoms with Crippen molar-refractivity contribution in [1.82, 2.24) is 9.88 Å². The Bertz CT molecular complexity index is 646. The third-order valence-corrected chi connectivity index (χ3v) is 3.29. The molecule has 116 valence electrons. The van der Waals surface area contributed by atoms with Gasteiger partial charge in [0.25, 0.3) is 5.69 Å². The van der Waals surface area contributed by atoms with E-state index in [0.717, 1.165) is 5.56 Å². The lowest BCUT2D eigenvalue weighted by atomic mass is 10.1. The molecule has 0 bridgehead atoms. The summed E-state index contributed by atoms with van der Waals surface area (Å²) in [5.41, 5.74) is 0.791. The first kappa shape index (κ1) is 15.8. The van der Waals surface area contributed by atoms with Gasteiger partial charge in [0.1, 0.15) is 17.8 Å². The van der Waals surface area contributed by atoms with Crippen LogP contribution in [0, 0.1) is 15.9 Å². The first-order valence-electron chi connectivity index (χ1n) is 6.73. The Labute approximate surface area is 127 Å². The van der Waals surface area contributed by atoms with Crippen LogP contribution in [0.1, 0.15) is 11.6 Å². The van der Waals surface area contributed by atoms with Gasteiger partial charge in [-0.3, -0.25) is 10.1 Å². The standard InChI is InChI=1S/C15H17FN4O2/c1-19(2)14(11-4-3-5-12(16)8-11)10-18-15-7-6-13(9-17-15)20(21)22/h3-9,14H,10H2,1-2H3,(H,17,18)/t14-/m1/s1. The van der Waals surface area contributed by atoms with E-state index in [1.807, 2.05) is 25.1 Å². The fourth-order valence-electron chi connectivity index (χ4n) is 2.11. The van der Waals surface area contributed by atoms with E-state index in [-0.39, 0.29) is 17.5 Å². The second-order valence-corrected chi connectivity index (χ2v) is 5.07. The Kier molecular flexibility index (Phi) is 5.00. The van der Waals surface area contributed by atoms with E-state index in [4.69, 9.17) is 0 Å². The molecule has 1 aromatic heterocycles. The van der Waals surface area contributed by atoms with Gasteiger partial charge in [-0.15, -0.1) is 0 Å². The van der Waals surface area contributed by atoms with Crippen molar-refractivity contribution in [3.8, 4) is 0 Å². The van der Waals surface area contributed by atoms with Crippen LogP contribution in [0.2, 0.25) is 0 Å². The minimum atomic E-state index is -0.494. The van der Waals surface area contributed by atoms with E-state index < -0.39 is 4.92 Å². The van der Waals surface area contributed by atoms with Gasteiger partial charge in [0.2, 0.25) is 0 Å². The van der Waals surface area contributed by atoms with Crippen molar-refractivity contribution in [2.45, 2.75) is 6.04 Å². The predicted octanol–water partition coefficient (Wildman–Crippen LogP) is 2.84. The molecule has 0 aliphatic carbocycles. The normalized spacial score (nSPS) is 12.2. The van der Waals surface area contributed by atoms with E-state index in [1.165, 1.54) is 24.4 Å². The van der Waals surface area contributed by atoms with Gasteiger partial charge in [-0.25, -0.2) is 9.37 Å². The quantitative estimate of drug-likeness (QED) is 0.656. The maximum atomic E-state index is 13.4. The molecule has 0 radical (unpaired) electrons. The average Bonchev–Trinajstić information content (AvgIpc) is 2.47. The molecule has 1 heterocycles. The van der Waals surface area contributed by atoms with Crippen LogP contribution in [0.15, 0.2) is 42.6 Å². The Morgan fingerprint density at radius 2 is 2.14 bits per heavy atom. The first-order valence-corrected chi connectivity index (χ1v) is 6.73. The number of pyridine rings is 1. The van der Waals surface area contributed by atoms with Crippen LogP contribution in [0.5, 0.6) is 0 Å². The number of nitro groups is 1. The summed E-state index contributed by atoms with van der Waals surface area (Å²) in [5, 5.41) is 13.7. The average molecular weight is 304 g/mol. The Morgan fingerprint density at radius 3 is 2.68 bits per heavy atom. The monoisotopic (exact) mass is 304 g/mol. The SMILES string of the molecule is CN(C)[C@H](CNc1ccc([N+](=O)[O-])cn1)c1cccc(F)c1. The van der Waals surface area contributed by atoms with Crippen molar-refractivity contribution in [3.63, 3.8) is 0 Å². The van der Waals surface area contributed by atoms with Crippen LogP contribution in [-0.2, 0) is 0 Å². The van der Waals surface area contributed by atoms with Gasteiger partial charge in [0.05, 0.1) is 11.0 Å². The van der Waals surface area contributed by atoms with Gasteiger partial charge < -0.3 is 10.2 Å². The minimum absolute atomic E-state index is 0.0484. The van der Waals surface area contributed by atoms with E-state index in [2.05, 4.69) is 10.3 Å². The molecule has 0 saturated carbocycles. The van der Waals surface area contributed by atoms with E-state index in [0.29, 0.717) is 12.4 Å². The molecule has 6 nitrogen and oxygen atoms in total. The molecule has 7 heteroatoms. The zero-order valence-corrected chi connectivity index (χ0v) is 12.4. The van der Waals surface area contributed by atoms with Gasteiger partial charge in [0.15, 0.2) is 0 Å². The lowest BCUT2D eigenvalue weighted by Crippen LogP contribution is -2.27. The van der Waals surface area contributed by atoms with Crippen LogP contribution in [0.3, 0.4) is 0 Å². The lowest BCUT2D eigenvalue weighted by Gasteiger charge is -2.25. The maximum Gasteiger partial charge on any atom is 0.287 e. The number of hydrogen-bond donors (Lipinski definition) is 1. The molecule has 2 rings (SSSR count). The third kappa shape index (κ3) is 3.98. The topological polar surface area (TPSA) is 71.3 Å². The molecule has 22 heavy (non-hydrogen) atoms. The molecule has 1 aromatic carbocycles. The highest BCUT2D eigenvalue weighted by molar-refractivity contribution is 5.40. The number of aromatic nitrogens is 1. The zero-order chi connectivity index (χ0) is 16.1. The summed E-state index contributed by atoms with van der Waals surface area (Å²) < 4.78 is 13.4. The fourth-order valence-corrected chi connectivity index (χ4v) is 2.11. The van der Waals surface area contributed by atoms with E-state index >= 15 is 0 Å². The highest BCUT2D eigenvalue weighted by Crippen LogP contribution is 2.20. The summed E-state index contributed by atoms with van der Waals surface area (Å²) in [5.74, 6) is 0.256. The summed E-state index contributed by atoms with van der Waals surface area (Å²) in [6, 6.07) is 9.33. The van der Waals surface area contributed by atoms with E-state index in [1.54, 1.807) is 12.1 Å². The number of likely N-dealkylation sites (N-methyl/N-ethyl adjacent to an activating group) is 1. The van der Waals surface area contributed by atoms with Gasteiger partial charge in [-0.1, -0.05) is 12.1 Å². The molecule has 0 spiro atoms. The van der Waals surface area contributed by atoms with Crippen molar-refractivity contribution in [2.24, 2.45) is 0 Å². The van der Waals surface area contributed by atoms with Gasteiger partial charge in [0, 0.05) is 12.6 Å². The molecular weight excluding hydrogens is 287 g/mol. The number of benzene rings is 1. The number of nitrogens with zero attached hydrogens (tertiary/aromatic N) is 3. The second-order valence-electron chi connectivity index (χ2n) is 5.07. The van der Waals surface area contributed by atoms with Gasteiger partial charge in [-0.2, -0.15) is 0 Å². The van der Waals surface area contributed by atoms with E-state index in [9.17, 15) is 14.5 Å². The predicted molar refractivity (Wildman–Crippen MR) is 82.2 cm³/mol. The minimum Gasteiger partial charge on any atom is -0.368 e. The van der Waals surface area contributed by atoms with Crippen molar-refractivity contribution in [1.29, 1.82) is 0 Å². The van der Waals surface area contributed by atoms with Crippen LogP contribution >= 0.6 is 0 Å². The number of nitrogens with one attached hydrogen (secondary N) is 1. The second kappa shape index (κ2) is 6.95. The number of anilines is 1. The molecule has 0 fully saturated rings. The van der Waals surface area contributed by atoms with Crippen LogP contribution in [0.4, 0.5) is 15.9 Å². The lowest BCUT2D eigenvalue weighted by molar-refractivity contribution is -0.385. The molecule has 1 N–H and O–H groups in total. The van der Waals surface area contributed by atoms with Gasteiger partial charge in [-0.05, 0) is 37.9 Å². The highest BCUT2D eigenvalue weighted by Gasteiger charge is 2.15. The van der Waals surface area contributed by atoms with Crippen molar-refractivity contribution < 1.29 is 9.31 Å². The summed E-state index contributed by atoms with van der Waals surface area (Å²) in [7, 11) is 3.81. The largest absolute Gasteiger partial charge is 0.368 e. The van der Waals surface area contributed by atoms with Crippen molar-refractivity contribution in [2.75, 3.05) is 26.0 Å². The van der Waals surface area contributed by atoms with Crippen LogP contribution < -0.4 is 5.32 Å². The Balaban J connectivity index is 2.07. The molecule has 2 aromatic rings. The molecule has 1 atom stereocenters. The highest BCUT2D eigenvalue weighted by atomic mass is 19.1. The molecule has 0 unspecified atom stereocenters. The van der Waals surface area contributed by atoms with Crippen molar-refractivity contribution >= 4 is 11.5 Å². The maximum absolute atomic E-state index is 13.4. The van der Waals surface area contributed by atoms with Crippen molar-refractivity contribution in [3.05, 3.63) is 64.1 Å². The smallest absolute Gasteiger partial charge is 0.287 e. The summed E-state index contributed by atoms with van der Waals surface area (Å²) in [6.07, 6.45) is 1.20. The molecular formula is C15H17FN4O2. The molecule has 0 saturated heterocycles. The molecule has 0 amide bonds. The fraction of sp³-hybridized carbons (Fsp3) is 0.267. The zero-order valence-electron chi connectivity index (χ0n) is 12.4. The first-order chi connectivity index (χ1) is 10.5. The van der Waals surface area contributed by atoms with Gasteiger partial charge >= 0.3 is 0 Å². The van der Waals surface area contributed by atoms with Crippen LogP contribution in [-0.4, -0.2) is 35.4 Å². The summed E-state index contributed by atoms with van der Waals surface area (Å²) >= 11 is 0. The summed E-state index contributed by atoms with van der Waals surface area (Å²) in [4.78, 5) is 16.1. The summed E-state index contributed by atoms with van der Waals surface area (Å²) in [6.45, 7) is 0.501. The number of rotatable bonds is 6. The third-order valence-electron chi connectivity index (χ3n) is 3.29. The molecule has 0 aliphatic heterocycles. The Hall–Kier alpha value is -2.54.